The van der Waals surface area contributed by atoms with Crippen molar-refractivity contribution in [2.24, 2.45) is 5.41 Å². The number of rotatable bonds is 3. The molecule has 0 saturated carbocycles. The number of hydrogen-bond donors (Lipinski definition) is 1. The predicted molar refractivity (Wildman–Crippen MR) is 98.9 cm³/mol. The Balaban J connectivity index is 1.85. The Labute approximate surface area is 145 Å². The van der Waals surface area contributed by atoms with Crippen LogP contribution in [0.2, 0.25) is 0 Å². The van der Waals surface area contributed by atoms with Crippen molar-refractivity contribution in [2.75, 3.05) is 5.32 Å². The summed E-state index contributed by atoms with van der Waals surface area (Å²) in [6, 6.07) is 11.7. The Morgan fingerprint density at radius 2 is 1.92 bits per heavy atom. The molecule has 4 nitrogen and oxygen atoms in total. The Morgan fingerprint density at radius 3 is 2.62 bits per heavy atom. The van der Waals surface area contributed by atoms with Gasteiger partial charge in [0.15, 0.2) is 0 Å². The third-order valence-electron chi connectivity index (χ3n) is 3.51. The van der Waals surface area contributed by atoms with Crippen LogP contribution in [0.4, 0.5) is 5.69 Å². The maximum absolute atomic E-state index is 12.1. The van der Waals surface area contributed by atoms with Gasteiger partial charge in [-0.2, -0.15) is 0 Å². The molecule has 2 aromatic heterocycles. The molecule has 0 atom stereocenters. The van der Waals surface area contributed by atoms with Crippen LogP contribution in [0, 0.1) is 5.41 Å². The second-order valence-corrected chi connectivity index (χ2v) is 7.42. The van der Waals surface area contributed by atoms with Gasteiger partial charge in [-0.3, -0.25) is 9.78 Å². The van der Waals surface area contributed by atoms with Gasteiger partial charge in [0.1, 0.15) is 5.01 Å². The van der Waals surface area contributed by atoms with E-state index in [-0.39, 0.29) is 5.91 Å². The summed E-state index contributed by atoms with van der Waals surface area (Å²) in [5.41, 5.74) is 3.23. The van der Waals surface area contributed by atoms with Crippen LogP contribution in [-0.2, 0) is 4.79 Å². The highest BCUT2D eigenvalue weighted by atomic mass is 32.1. The van der Waals surface area contributed by atoms with Gasteiger partial charge in [0.2, 0.25) is 5.91 Å². The largest absolute Gasteiger partial charge is 0.326 e. The minimum Gasteiger partial charge on any atom is -0.326 e. The average Bonchev–Trinajstić information content (AvgIpc) is 3.05. The molecule has 1 aromatic carbocycles. The second kappa shape index (κ2) is 6.53. The van der Waals surface area contributed by atoms with Crippen molar-refractivity contribution in [3.63, 3.8) is 0 Å². The standard InChI is InChI=1S/C19H19N3OS/c1-19(2,3)18(23)21-15-8-4-6-13(10-15)16-12-24-17(22-16)14-7-5-9-20-11-14/h4-12H,1-3H3,(H,21,23). The molecule has 0 radical (unpaired) electrons. The van der Waals surface area contributed by atoms with E-state index in [2.05, 4.69) is 15.3 Å². The summed E-state index contributed by atoms with van der Waals surface area (Å²) in [6.45, 7) is 5.69. The summed E-state index contributed by atoms with van der Waals surface area (Å²) >= 11 is 1.58. The van der Waals surface area contributed by atoms with E-state index in [0.717, 1.165) is 27.5 Å². The van der Waals surface area contributed by atoms with E-state index in [4.69, 9.17) is 0 Å². The molecule has 122 valence electrons. The minimum atomic E-state index is -0.426. The third kappa shape index (κ3) is 3.68. The molecule has 0 unspecified atom stereocenters. The van der Waals surface area contributed by atoms with E-state index >= 15 is 0 Å². The molecule has 0 aliphatic rings. The van der Waals surface area contributed by atoms with Crippen molar-refractivity contribution < 1.29 is 4.79 Å². The quantitative estimate of drug-likeness (QED) is 0.743. The van der Waals surface area contributed by atoms with Crippen molar-refractivity contribution in [1.29, 1.82) is 0 Å². The summed E-state index contributed by atoms with van der Waals surface area (Å²) in [6.07, 6.45) is 3.56. The van der Waals surface area contributed by atoms with Crippen LogP contribution in [0.1, 0.15) is 20.8 Å². The Hall–Kier alpha value is -2.53. The first kappa shape index (κ1) is 16.3. The van der Waals surface area contributed by atoms with Crippen molar-refractivity contribution >= 4 is 22.9 Å². The fourth-order valence-corrected chi connectivity index (χ4v) is 2.92. The molecule has 3 aromatic rings. The Bertz CT molecular complexity index is 850. The SMILES string of the molecule is CC(C)(C)C(=O)Nc1cccc(-c2csc(-c3cccnc3)n2)c1. The summed E-state index contributed by atoms with van der Waals surface area (Å²) < 4.78 is 0. The topological polar surface area (TPSA) is 54.9 Å². The van der Waals surface area contributed by atoms with Crippen molar-refractivity contribution in [1.82, 2.24) is 9.97 Å². The number of pyridine rings is 1. The van der Waals surface area contributed by atoms with E-state index in [9.17, 15) is 4.79 Å². The lowest BCUT2D eigenvalue weighted by atomic mass is 9.95. The predicted octanol–water partition coefficient (Wildman–Crippen LogP) is 4.86. The molecule has 5 heteroatoms. The van der Waals surface area contributed by atoms with Crippen LogP contribution in [0.15, 0.2) is 54.2 Å². The highest BCUT2D eigenvalue weighted by Crippen LogP contribution is 2.29. The zero-order valence-corrected chi connectivity index (χ0v) is 14.7. The van der Waals surface area contributed by atoms with Crippen LogP contribution in [-0.4, -0.2) is 15.9 Å². The van der Waals surface area contributed by atoms with Gasteiger partial charge >= 0.3 is 0 Å². The summed E-state index contributed by atoms with van der Waals surface area (Å²) in [5, 5.41) is 5.91. The van der Waals surface area contributed by atoms with E-state index in [0.29, 0.717) is 0 Å². The monoisotopic (exact) mass is 337 g/mol. The van der Waals surface area contributed by atoms with Gasteiger partial charge in [0, 0.05) is 40.0 Å². The molecule has 2 heterocycles. The molecule has 0 spiro atoms. The van der Waals surface area contributed by atoms with Gasteiger partial charge in [0.25, 0.3) is 0 Å². The van der Waals surface area contributed by atoms with Crippen LogP contribution in [0.5, 0.6) is 0 Å². The Morgan fingerprint density at radius 1 is 1.12 bits per heavy atom. The number of nitrogens with zero attached hydrogens (tertiary/aromatic N) is 2. The molecule has 0 fully saturated rings. The van der Waals surface area contributed by atoms with E-state index < -0.39 is 5.41 Å². The molecule has 24 heavy (non-hydrogen) atoms. The first-order valence-corrected chi connectivity index (χ1v) is 8.59. The van der Waals surface area contributed by atoms with Gasteiger partial charge in [-0.25, -0.2) is 4.98 Å². The number of aromatic nitrogens is 2. The lowest BCUT2D eigenvalue weighted by Gasteiger charge is -2.17. The summed E-state index contributed by atoms with van der Waals surface area (Å²) in [5.74, 6) is -0.00558. The van der Waals surface area contributed by atoms with Crippen LogP contribution in [0.25, 0.3) is 21.8 Å². The lowest BCUT2D eigenvalue weighted by molar-refractivity contribution is -0.123. The maximum atomic E-state index is 12.1. The number of thiazole rings is 1. The smallest absolute Gasteiger partial charge is 0.229 e. The van der Waals surface area contributed by atoms with Gasteiger partial charge in [-0.1, -0.05) is 32.9 Å². The number of carbonyl (C=O) groups is 1. The molecule has 0 aliphatic carbocycles. The van der Waals surface area contributed by atoms with Crippen LogP contribution in [0.3, 0.4) is 0 Å². The van der Waals surface area contributed by atoms with Crippen LogP contribution < -0.4 is 5.32 Å². The number of nitrogens with one attached hydrogen (secondary N) is 1. The highest BCUT2D eigenvalue weighted by Gasteiger charge is 2.21. The molecule has 1 N–H and O–H groups in total. The average molecular weight is 337 g/mol. The Kier molecular flexibility index (Phi) is 4.44. The van der Waals surface area contributed by atoms with E-state index in [1.54, 1.807) is 17.5 Å². The van der Waals surface area contributed by atoms with E-state index in [1.807, 2.05) is 68.7 Å². The van der Waals surface area contributed by atoms with Crippen LogP contribution >= 0.6 is 11.3 Å². The summed E-state index contributed by atoms with van der Waals surface area (Å²) in [4.78, 5) is 21.0. The normalized spacial score (nSPS) is 11.3. The molecule has 0 bridgehead atoms. The molecule has 0 saturated heterocycles. The molecule has 1 amide bonds. The minimum absolute atomic E-state index is 0.00558. The number of hydrogen-bond acceptors (Lipinski definition) is 4. The zero-order valence-electron chi connectivity index (χ0n) is 13.9. The third-order valence-corrected chi connectivity index (χ3v) is 4.40. The molecule has 3 rings (SSSR count). The van der Waals surface area contributed by atoms with Gasteiger partial charge in [-0.05, 0) is 24.3 Å². The fraction of sp³-hybridized carbons (Fsp3) is 0.211. The summed E-state index contributed by atoms with van der Waals surface area (Å²) in [7, 11) is 0. The van der Waals surface area contributed by atoms with E-state index in [1.165, 1.54) is 0 Å². The molecule has 0 aliphatic heterocycles. The fourth-order valence-electron chi connectivity index (χ4n) is 2.10. The lowest BCUT2D eigenvalue weighted by Crippen LogP contribution is -2.27. The molecular formula is C19H19N3OS. The number of anilines is 1. The van der Waals surface area contributed by atoms with Gasteiger partial charge in [0.05, 0.1) is 5.69 Å². The van der Waals surface area contributed by atoms with Crippen molar-refractivity contribution in [3.05, 3.63) is 54.2 Å². The first-order valence-electron chi connectivity index (χ1n) is 7.71. The van der Waals surface area contributed by atoms with Crippen molar-refractivity contribution in [2.45, 2.75) is 20.8 Å². The number of amides is 1. The molecular weight excluding hydrogens is 318 g/mol. The van der Waals surface area contributed by atoms with Gasteiger partial charge < -0.3 is 5.32 Å². The zero-order chi connectivity index (χ0) is 17.2. The van der Waals surface area contributed by atoms with Gasteiger partial charge in [-0.15, -0.1) is 11.3 Å². The first-order chi connectivity index (χ1) is 11.4. The highest BCUT2D eigenvalue weighted by molar-refractivity contribution is 7.13. The second-order valence-electron chi connectivity index (χ2n) is 6.56. The van der Waals surface area contributed by atoms with Crippen molar-refractivity contribution in [3.8, 4) is 21.8 Å². The number of benzene rings is 1. The number of carbonyl (C=O) groups excluding carboxylic acids is 1. The maximum Gasteiger partial charge on any atom is 0.229 e.